The van der Waals surface area contributed by atoms with Crippen LogP contribution in [0.1, 0.15) is 23.7 Å². The second-order valence-corrected chi connectivity index (χ2v) is 6.97. The smallest absolute Gasteiger partial charge is 0.337 e. The van der Waals surface area contributed by atoms with E-state index in [1.165, 1.54) is 25.1 Å². The summed E-state index contributed by atoms with van der Waals surface area (Å²) in [7, 11) is 0. The number of hydrogen-bond acceptors (Lipinski definition) is 4. The summed E-state index contributed by atoms with van der Waals surface area (Å²) in [5.74, 6) is -2.45. The molecule has 27 heavy (non-hydrogen) atoms. The van der Waals surface area contributed by atoms with Crippen LogP contribution in [0.15, 0.2) is 42.5 Å². The molecule has 2 aromatic rings. The van der Waals surface area contributed by atoms with E-state index in [9.17, 15) is 19.5 Å². The largest absolute Gasteiger partial charge is 0.478 e. The van der Waals surface area contributed by atoms with Gasteiger partial charge in [0.2, 0.25) is 11.8 Å². The first-order valence-corrected chi connectivity index (χ1v) is 8.53. The molecule has 0 fully saturated rings. The molecule has 0 saturated carbocycles. The van der Waals surface area contributed by atoms with Crippen molar-refractivity contribution in [1.82, 2.24) is 0 Å². The van der Waals surface area contributed by atoms with E-state index >= 15 is 0 Å². The molecule has 0 aromatic heterocycles. The minimum absolute atomic E-state index is 0.0340. The van der Waals surface area contributed by atoms with E-state index in [0.717, 1.165) is 0 Å². The molecule has 142 valence electrons. The van der Waals surface area contributed by atoms with Crippen LogP contribution < -0.4 is 16.4 Å². The zero-order valence-corrected chi connectivity index (χ0v) is 15.8. The van der Waals surface area contributed by atoms with Gasteiger partial charge in [0, 0.05) is 15.7 Å². The average molecular weight is 410 g/mol. The summed E-state index contributed by atoms with van der Waals surface area (Å²) in [6.45, 7) is 1.38. The molecule has 9 heteroatoms. The molecule has 7 nitrogen and oxygen atoms in total. The molecule has 5 N–H and O–H groups in total. The summed E-state index contributed by atoms with van der Waals surface area (Å²) >= 11 is 11.6. The van der Waals surface area contributed by atoms with Crippen LogP contribution in [0.25, 0.3) is 0 Å². The molecule has 0 heterocycles. The van der Waals surface area contributed by atoms with E-state index < -0.39 is 23.3 Å². The molecule has 0 aliphatic heterocycles. The summed E-state index contributed by atoms with van der Waals surface area (Å²) in [6.07, 6.45) is -0.322. The fourth-order valence-corrected chi connectivity index (χ4v) is 2.52. The molecule has 0 spiro atoms. The van der Waals surface area contributed by atoms with Gasteiger partial charge in [-0.1, -0.05) is 23.2 Å². The second-order valence-electron chi connectivity index (χ2n) is 6.10. The zero-order valence-electron chi connectivity index (χ0n) is 14.3. The lowest BCUT2D eigenvalue weighted by atomic mass is 9.97. The third-order valence-electron chi connectivity index (χ3n) is 3.63. The van der Waals surface area contributed by atoms with Crippen LogP contribution in [0.2, 0.25) is 10.0 Å². The Balaban J connectivity index is 2.07. The number of carboxylic acid groups (broad SMARTS) is 1. The van der Waals surface area contributed by atoms with Gasteiger partial charge in [-0.05, 0) is 49.4 Å². The molecule has 0 aliphatic carbocycles. The monoisotopic (exact) mass is 409 g/mol. The topological polar surface area (TPSA) is 122 Å². The highest BCUT2D eigenvalue weighted by molar-refractivity contribution is 6.31. The molecule has 1 atom stereocenters. The minimum atomic E-state index is -1.58. The number of anilines is 2. The Morgan fingerprint density at radius 2 is 1.63 bits per heavy atom. The van der Waals surface area contributed by atoms with Crippen molar-refractivity contribution >= 4 is 52.4 Å². The number of carbonyl (C=O) groups excluding carboxylic acids is 2. The maximum Gasteiger partial charge on any atom is 0.337 e. The van der Waals surface area contributed by atoms with E-state index in [2.05, 4.69) is 10.6 Å². The molecule has 1 unspecified atom stereocenters. The Hall–Kier alpha value is -2.61. The van der Waals surface area contributed by atoms with Crippen LogP contribution in [0.3, 0.4) is 0 Å². The van der Waals surface area contributed by atoms with Gasteiger partial charge in [0.1, 0.15) is 5.54 Å². The van der Waals surface area contributed by atoms with Crippen molar-refractivity contribution in [1.29, 1.82) is 0 Å². The SMILES string of the molecule is CC(N)(CC(=O)Nc1ccc(Cl)cc1)C(=O)Nc1ccc(Cl)cc1C(=O)O. The lowest BCUT2D eigenvalue weighted by Gasteiger charge is -2.23. The lowest BCUT2D eigenvalue weighted by molar-refractivity contribution is -0.125. The van der Waals surface area contributed by atoms with Gasteiger partial charge in [-0.15, -0.1) is 0 Å². The molecular formula is C18H17Cl2N3O4. The van der Waals surface area contributed by atoms with E-state index in [1.54, 1.807) is 24.3 Å². The Bertz CT molecular complexity index is 883. The Morgan fingerprint density at radius 1 is 1.04 bits per heavy atom. The Kier molecular flexibility index (Phi) is 6.43. The summed E-state index contributed by atoms with van der Waals surface area (Å²) in [5, 5.41) is 15.0. The summed E-state index contributed by atoms with van der Waals surface area (Å²) in [4.78, 5) is 35.9. The third-order valence-corrected chi connectivity index (χ3v) is 4.12. The highest BCUT2D eigenvalue weighted by Crippen LogP contribution is 2.22. The number of rotatable bonds is 6. The van der Waals surface area contributed by atoms with Crippen molar-refractivity contribution in [3.63, 3.8) is 0 Å². The number of carboxylic acids is 1. The van der Waals surface area contributed by atoms with Crippen molar-refractivity contribution in [3.8, 4) is 0 Å². The molecule has 2 amide bonds. The first kappa shape index (κ1) is 20.7. The Morgan fingerprint density at radius 3 is 2.22 bits per heavy atom. The van der Waals surface area contributed by atoms with Crippen molar-refractivity contribution in [2.24, 2.45) is 5.73 Å². The molecular weight excluding hydrogens is 393 g/mol. The second kappa shape index (κ2) is 8.39. The maximum absolute atomic E-state index is 12.5. The number of halogens is 2. The fourth-order valence-electron chi connectivity index (χ4n) is 2.22. The predicted molar refractivity (Wildman–Crippen MR) is 104 cm³/mol. The van der Waals surface area contributed by atoms with Gasteiger partial charge in [0.05, 0.1) is 17.7 Å². The van der Waals surface area contributed by atoms with Crippen LogP contribution in [0.5, 0.6) is 0 Å². The van der Waals surface area contributed by atoms with E-state index in [0.29, 0.717) is 10.7 Å². The Labute approximate surface area is 165 Å². The number of amides is 2. The van der Waals surface area contributed by atoms with Crippen LogP contribution in [-0.2, 0) is 9.59 Å². The van der Waals surface area contributed by atoms with Crippen LogP contribution in [0, 0.1) is 0 Å². The van der Waals surface area contributed by atoms with Gasteiger partial charge < -0.3 is 21.5 Å². The van der Waals surface area contributed by atoms with Crippen LogP contribution in [0.4, 0.5) is 11.4 Å². The molecule has 0 bridgehead atoms. The van der Waals surface area contributed by atoms with Gasteiger partial charge in [0.15, 0.2) is 0 Å². The van der Waals surface area contributed by atoms with E-state index in [1.807, 2.05) is 0 Å². The number of carbonyl (C=O) groups is 3. The minimum Gasteiger partial charge on any atom is -0.478 e. The van der Waals surface area contributed by atoms with Crippen LogP contribution in [-0.4, -0.2) is 28.4 Å². The summed E-state index contributed by atoms with van der Waals surface area (Å²) < 4.78 is 0. The number of nitrogens with two attached hydrogens (primary N) is 1. The molecule has 2 aromatic carbocycles. The van der Waals surface area contributed by atoms with Gasteiger partial charge in [-0.3, -0.25) is 9.59 Å². The van der Waals surface area contributed by atoms with Gasteiger partial charge in [0.25, 0.3) is 0 Å². The van der Waals surface area contributed by atoms with Gasteiger partial charge in [-0.25, -0.2) is 4.79 Å². The number of benzene rings is 2. The normalized spacial score (nSPS) is 12.7. The molecule has 2 rings (SSSR count). The standard InChI is InChI=1S/C18H17Cl2N3O4/c1-18(21,9-15(24)22-12-5-2-10(19)3-6-12)17(27)23-14-7-4-11(20)8-13(14)16(25)26/h2-8H,9,21H2,1H3,(H,22,24)(H,23,27)(H,25,26). The van der Waals surface area contributed by atoms with Crippen LogP contribution >= 0.6 is 23.2 Å². The quantitative estimate of drug-likeness (QED) is 0.582. The third kappa shape index (κ3) is 5.68. The number of hydrogen-bond donors (Lipinski definition) is 4. The van der Waals surface area contributed by atoms with E-state index in [-0.39, 0.29) is 22.7 Å². The number of aromatic carboxylic acids is 1. The molecule has 0 aliphatic rings. The van der Waals surface area contributed by atoms with Crippen molar-refractivity contribution in [2.45, 2.75) is 18.9 Å². The fraction of sp³-hybridized carbons (Fsp3) is 0.167. The highest BCUT2D eigenvalue weighted by atomic mass is 35.5. The first-order chi connectivity index (χ1) is 12.6. The van der Waals surface area contributed by atoms with Crippen molar-refractivity contribution < 1.29 is 19.5 Å². The highest BCUT2D eigenvalue weighted by Gasteiger charge is 2.32. The maximum atomic E-state index is 12.5. The predicted octanol–water partition coefficient (Wildman–Crippen LogP) is 3.38. The summed E-state index contributed by atoms with van der Waals surface area (Å²) in [5.41, 5.74) is 4.75. The molecule has 0 radical (unpaired) electrons. The number of nitrogens with one attached hydrogen (secondary N) is 2. The average Bonchev–Trinajstić information content (AvgIpc) is 2.57. The van der Waals surface area contributed by atoms with Gasteiger partial charge >= 0.3 is 5.97 Å². The summed E-state index contributed by atoms with van der Waals surface area (Å²) in [6, 6.07) is 10.4. The first-order valence-electron chi connectivity index (χ1n) is 7.77. The van der Waals surface area contributed by atoms with E-state index in [4.69, 9.17) is 28.9 Å². The zero-order chi connectivity index (χ0) is 20.2. The molecule has 0 saturated heterocycles. The lowest BCUT2D eigenvalue weighted by Crippen LogP contribution is -2.50. The van der Waals surface area contributed by atoms with Crippen molar-refractivity contribution in [2.75, 3.05) is 10.6 Å². The van der Waals surface area contributed by atoms with Crippen molar-refractivity contribution in [3.05, 3.63) is 58.1 Å². The van der Waals surface area contributed by atoms with Gasteiger partial charge in [-0.2, -0.15) is 0 Å².